The van der Waals surface area contributed by atoms with Crippen molar-refractivity contribution in [2.24, 2.45) is 0 Å². The van der Waals surface area contributed by atoms with Gasteiger partial charge in [-0.25, -0.2) is 4.79 Å². The summed E-state index contributed by atoms with van der Waals surface area (Å²) in [6, 6.07) is -0.529. The topological polar surface area (TPSA) is 84.9 Å². The van der Waals surface area contributed by atoms with Gasteiger partial charge in [0.15, 0.2) is 0 Å². The molecule has 0 bridgehead atoms. The molecule has 7 nitrogen and oxygen atoms in total. The van der Waals surface area contributed by atoms with Gasteiger partial charge in [-0.2, -0.15) is 0 Å². The zero-order valence-corrected chi connectivity index (χ0v) is 11.4. The molecule has 0 saturated heterocycles. The molecule has 0 fully saturated rings. The van der Waals surface area contributed by atoms with Gasteiger partial charge in [-0.05, 0) is 20.8 Å². The number of urea groups is 1. The number of carbonyl (C=O) groups is 3. The van der Waals surface area contributed by atoms with E-state index in [1.165, 1.54) is 14.2 Å². The van der Waals surface area contributed by atoms with Crippen molar-refractivity contribution in [1.29, 1.82) is 0 Å². The van der Waals surface area contributed by atoms with Crippen LogP contribution in [0.4, 0.5) is 4.79 Å². The second-order valence-corrected chi connectivity index (χ2v) is 4.69. The van der Waals surface area contributed by atoms with Gasteiger partial charge in [0.05, 0.1) is 14.2 Å². The Morgan fingerprint density at radius 1 is 1.00 bits per heavy atom. The zero-order chi connectivity index (χ0) is 14.3. The van der Waals surface area contributed by atoms with E-state index in [1.807, 2.05) is 0 Å². The van der Waals surface area contributed by atoms with Gasteiger partial charge in [0.2, 0.25) is 0 Å². The molecule has 0 atom stereocenters. The summed E-state index contributed by atoms with van der Waals surface area (Å²) in [5.41, 5.74) is -0.471. The number of methoxy groups -OCH3 is 2. The summed E-state index contributed by atoms with van der Waals surface area (Å²) < 4.78 is 8.93. The van der Waals surface area contributed by atoms with E-state index in [2.05, 4.69) is 14.8 Å². The van der Waals surface area contributed by atoms with Crippen LogP contribution < -0.4 is 5.32 Å². The van der Waals surface area contributed by atoms with E-state index in [-0.39, 0.29) is 13.1 Å². The zero-order valence-electron chi connectivity index (χ0n) is 11.4. The predicted octanol–water partition coefficient (Wildman–Crippen LogP) is 0.143. The maximum absolute atomic E-state index is 11.9. The molecule has 0 aliphatic rings. The minimum atomic E-state index is -0.608. The third kappa shape index (κ3) is 6.72. The first-order valence-corrected chi connectivity index (χ1v) is 5.40. The number of amides is 2. The fourth-order valence-electron chi connectivity index (χ4n) is 1.04. The first kappa shape index (κ1) is 16.2. The first-order valence-electron chi connectivity index (χ1n) is 5.40. The largest absolute Gasteiger partial charge is 0.468 e. The number of rotatable bonds is 4. The highest BCUT2D eigenvalue weighted by Gasteiger charge is 2.24. The van der Waals surface area contributed by atoms with Crippen LogP contribution in [0.2, 0.25) is 0 Å². The summed E-state index contributed by atoms with van der Waals surface area (Å²) in [6.07, 6.45) is 0. The number of nitrogens with one attached hydrogen (secondary N) is 1. The lowest BCUT2D eigenvalue weighted by atomic mass is 10.1. The van der Waals surface area contributed by atoms with E-state index in [0.717, 1.165) is 4.90 Å². The molecule has 0 aromatic carbocycles. The Morgan fingerprint density at radius 2 is 1.39 bits per heavy atom. The average Bonchev–Trinajstić information content (AvgIpc) is 2.25. The molecular formula is C11H20N2O5. The van der Waals surface area contributed by atoms with Crippen LogP contribution in [-0.4, -0.2) is 55.7 Å². The lowest BCUT2D eigenvalue weighted by Gasteiger charge is -2.26. The second-order valence-electron chi connectivity index (χ2n) is 4.69. The molecule has 0 aromatic heterocycles. The molecule has 0 rings (SSSR count). The van der Waals surface area contributed by atoms with E-state index >= 15 is 0 Å². The number of carbonyl (C=O) groups excluding carboxylic acids is 3. The number of nitrogens with zero attached hydrogens (tertiary/aromatic N) is 1. The van der Waals surface area contributed by atoms with Crippen molar-refractivity contribution in [1.82, 2.24) is 10.2 Å². The normalized spacial score (nSPS) is 10.5. The molecule has 1 N–H and O–H groups in total. The molecular weight excluding hydrogens is 240 g/mol. The van der Waals surface area contributed by atoms with E-state index < -0.39 is 23.5 Å². The van der Waals surface area contributed by atoms with Crippen molar-refractivity contribution < 1.29 is 23.9 Å². The Hall–Kier alpha value is -1.79. The van der Waals surface area contributed by atoms with Crippen LogP contribution in [0.1, 0.15) is 20.8 Å². The Morgan fingerprint density at radius 3 is 1.67 bits per heavy atom. The summed E-state index contributed by atoms with van der Waals surface area (Å²) >= 11 is 0. The summed E-state index contributed by atoms with van der Waals surface area (Å²) in [5.74, 6) is -1.22. The van der Waals surface area contributed by atoms with E-state index in [1.54, 1.807) is 20.8 Å². The summed E-state index contributed by atoms with van der Waals surface area (Å²) in [6.45, 7) is 4.75. The number of esters is 2. The molecule has 0 radical (unpaired) electrons. The molecule has 18 heavy (non-hydrogen) atoms. The maximum atomic E-state index is 11.9. The summed E-state index contributed by atoms with van der Waals surface area (Å²) in [5, 5.41) is 2.65. The molecule has 7 heteroatoms. The minimum Gasteiger partial charge on any atom is -0.468 e. The molecule has 104 valence electrons. The van der Waals surface area contributed by atoms with Crippen LogP contribution >= 0.6 is 0 Å². The number of hydrogen-bond acceptors (Lipinski definition) is 5. The van der Waals surface area contributed by atoms with Crippen LogP contribution in [0.3, 0.4) is 0 Å². The van der Waals surface area contributed by atoms with Crippen LogP contribution in [0.5, 0.6) is 0 Å². The van der Waals surface area contributed by atoms with E-state index in [0.29, 0.717) is 0 Å². The Kier molecular flexibility index (Phi) is 6.15. The van der Waals surface area contributed by atoms with Gasteiger partial charge < -0.3 is 19.7 Å². The lowest BCUT2D eigenvalue weighted by Crippen LogP contribution is -2.51. The second kappa shape index (κ2) is 6.83. The highest BCUT2D eigenvalue weighted by Crippen LogP contribution is 2.02. The Labute approximate surface area is 106 Å². The summed E-state index contributed by atoms with van der Waals surface area (Å²) in [7, 11) is 2.42. The van der Waals surface area contributed by atoms with Crippen LogP contribution in [0.25, 0.3) is 0 Å². The van der Waals surface area contributed by atoms with E-state index in [4.69, 9.17) is 0 Å². The van der Waals surface area contributed by atoms with E-state index in [9.17, 15) is 14.4 Å². The molecule has 0 aliphatic heterocycles. The summed E-state index contributed by atoms with van der Waals surface area (Å²) in [4.78, 5) is 35.2. The fourth-order valence-corrected chi connectivity index (χ4v) is 1.04. The monoisotopic (exact) mass is 260 g/mol. The highest BCUT2D eigenvalue weighted by molar-refractivity contribution is 5.85. The van der Waals surface area contributed by atoms with Gasteiger partial charge in [0, 0.05) is 5.54 Å². The van der Waals surface area contributed by atoms with Crippen molar-refractivity contribution >= 4 is 18.0 Å². The van der Waals surface area contributed by atoms with Crippen molar-refractivity contribution in [2.45, 2.75) is 26.3 Å². The minimum absolute atomic E-state index is 0.312. The fraction of sp³-hybridized carbons (Fsp3) is 0.727. The first-order chi connectivity index (χ1) is 8.19. The molecule has 0 saturated carbocycles. The van der Waals surface area contributed by atoms with Gasteiger partial charge in [0.25, 0.3) is 0 Å². The van der Waals surface area contributed by atoms with Crippen LogP contribution in [0.15, 0.2) is 0 Å². The van der Waals surface area contributed by atoms with Gasteiger partial charge in [-0.15, -0.1) is 0 Å². The molecule has 0 heterocycles. The SMILES string of the molecule is COC(=O)CN(CC(=O)OC)C(=O)NC(C)(C)C. The third-order valence-electron chi connectivity index (χ3n) is 1.86. The molecule has 0 aliphatic carbocycles. The van der Waals surface area contributed by atoms with Gasteiger partial charge in [-0.1, -0.05) is 0 Å². The van der Waals surface area contributed by atoms with Gasteiger partial charge in [-0.3, -0.25) is 9.59 Å². The predicted molar refractivity (Wildman–Crippen MR) is 63.9 cm³/mol. The van der Waals surface area contributed by atoms with Crippen molar-refractivity contribution in [2.75, 3.05) is 27.3 Å². The van der Waals surface area contributed by atoms with Crippen molar-refractivity contribution in [3.63, 3.8) is 0 Å². The highest BCUT2D eigenvalue weighted by atomic mass is 16.5. The smallest absolute Gasteiger partial charge is 0.325 e. The van der Waals surface area contributed by atoms with Crippen molar-refractivity contribution in [3.8, 4) is 0 Å². The quantitative estimate of drug-likeness (QED) is 0.727. The lowest BCUT2D eigenvalue weighted by molar-refractivity contribution is -0.144. The Bertz CT molecular complexity index is 304. The third-order valence-corrected chi connectivity index (χ3v) is 1.86. The average molecular weight is 260 g/mol. The number of ether oxygens (including phenoxy) is 2. The maximum Gasteiger partial charge on any atom is 0.325 e. The van der Waals surface area contributed by atoms with Crippen molar-refractivity contribution in [3.05, 3.63) is 0 Å². The molecule has 0 spiro atoms. The van der Waals surface area contributed by atoms with Gasteiger partial charge in [0.1, 0.15) is 13.1 Å². The Balaban J connectivity index is 4.69. The number of hydrogen-bond donors (Lipinski definition) is 1. The molecule has 2 amide bonds. The van der Waals surface area contributed by atoms with Crippen LogP contribution in [-0.2, 0) is 19.1 Å². The molecule has 0 unspecified atom stereocenters. The standard InChI is InChI=1S/C11H20N2O5/c1-11(2,3)12-10(16)13(6-8(14)17-4)7-9(15)18-5/h6-7H2,1-5H3,(H,12,16). The molecule has 0 aromatic rings. The van der Waals surface area contributed by atoms with Crippen LogP contribution in [0, 0.1) is 0 Å². The van der Waals surface area contributed by atoms with Gasteiger partial charge >= 0.3 is 18.0 Å².